The number of para-hydroxylation sites is 2. The van der Waals surface area contributed by atoms with Crippen LogP contribution in [0.2, 0.25) is 0 Å². The number of aromatic nitrogens is 2. The van der Waals surface area contributed by atoms with Gasteiger partial charge in [-0.25, -0.2) is 9.37 Å². The summed E-state index contributed by atoms with van der Waals surface area (Å²) in [5.74, 6) is 0.568. The molecule has 0 spiro atoms. The Morgan fingerprint density at radius 2 is 2.00 bits per heavy atom. The van der Waals surface area contributed by atoms with E-state index in [0.29, 0.717) is 29.2 Å². The lowest BCUT2D eigenvalue weighted by molar-refractivity contribution is 0.0723. The summed E-state index contributed by atoms with van der Waals surface area (Å²) in [4.78, 5) is 23.7. The highest BCUT2D eigenvalue weighted by Gasteiger charge is 2.38. The van der Waals surface area contributed by atoms with Gasteiger partial charge in [0.05, 0.1) is 18.1 Å². The fourth-order valence-electron chi connectivity index (χ4n) is 5.10. The van der Waals surface area contributed by atoms with Gasteiger partial charge in [-0.3, -0.25) is 4.79 Å². The van der Waals surface area contributed by atoms with Crippen molar-refractivity contribution in [2.45, 2.75) is 19.0 Å². The number of carbonyl (C=O) groups is 1. The first kappa shape index (κ1) is 21.6. The Labute approximate surface area is 202 Å². The van der Waals surface area contributed by atoms with E-state index in [-0.39, 0.29) is 5.91 Å². The van der Waals surface area contributed by atoms with Gasteiger partial charge in [0, 0.05) is 24.2 Å². The zero-order valence-corrected chi connectivity index (χ0v) is 19.3. The Morgan fingerprint density at radius 3 is 2.80 bits per heavy atom. The number of carbonyl (C=O) groups excluding carboxylic acids is 1. The second-order valence-corrected chi connectivity index (χ2v) is 8.92. The van der Waals surface area contributed by atoms with Crippen LogP contribution < -0.4 is 10.1 Å². The number of nitrogens with one attached hydrogen (secondary N) is 2. The average molecular weight is 469 g/mol. The normalized spacial score (nSPS) is 16.3. The van der Waals surface area contributed by atoms with Gasteiger partial charge in [0.1, 0.15) is 23.4 Å². The quantitative estimate of drug-likeness (QED) is 0.440. The van der Waals surface area contributed by atoms with Crippen LogP contribution in [-0.2, 0) is 6.54 Å². The number of H-pyrrole nitrogens is 1. The van der Waals surface area contributed by atoms with Gasteiger partial charge in [0.25, 0.3) is 5.91 Å². The highest BCUT2D eigenvalue weighted by Crippen LogP contribution is 2.40. The minimum Gasteiger partial charge on any atom is -0.496 e. The number of nitrogens with zero attached hydrogens (tertiary/aromatic N) is 2. The molecule has 1 amide bonds. The molecule has 0 saturated heterocycles. The molecule has 1 unspecified atom stereocenters. The molecule has 1 atom stereocenters. The summed E-state index contributed by atoms with van der Waals surface area (Å²) in [6.07, 6.45) is 3.11. The predicted molar refractivity (Wildman–Crippen MR) is 133 cm³/mol. The number of aromatic amines is 1. The molecule has 0 saturated carbocycles. The molecule has 176 valence electrons. The lowest BCUT2D eigenvalue weighted by Gasteiger charge is -2.28. The molecule has 0 bridgehead atoms. The molecule has 0 aliphatic carbocycles. The number of amides is 1. The highest BCUT2D eigenvalue weighted by atomic mass is 19.1. The van der Waals surface area contributed by atoms with E-state index in [1.54, 1.807) is 18.1 Å². The summed E-state index contributed by atoms with van der Waals surface area (Å²) >= 11 is 0. The third-order valence-corrected chi connectivity index (χ3v) is 6.84. The maximum absolute atomic E-state index is 14.5. The van der Waals surface area contributed by atoms with Gasteiger partial charge in [-0.1, -0.05) is 30.3 Å². The van der Waals surface area contributed by atoms with E-state index < -0.39 is 11.9 Å². The first-order chi connectivity index (χ1) is 17.1. The van der Waals surface area contributed by atoms with Gasteiger partial charge in [-0.05, 0) is 66.1 Å². The molecule has 2 aliphatic heterocycles. The van der Waals surface area contributed by atoms with Gasteiger partial charge in [-0.2, -0.15) is 0 Å². The Hall–Kier alpha value is -3.97. The molecule has 2 N–H and O–H groups in total. The van der Waals surface area contributed by atoms with Crippen LogP contribution in [0.1, 0.15) is 45.3 Å². The van der Waals surface area contributed by atoms with Gasteiger partial charge in [-0.15, -0.1) is 0 Å². The van der Waals surface area contributed by atoms with Crippen molar-refractivity contribution in [2.24, 2.45) is 0 Å². The fourth-order valence-corrected chi connectivity index (χ4v) is 5.10. The zero-order valence-electron chi connectivity index (χ0n) is 19.3. The average Bonchev–Trinajstić information content (AvgIpc) is 3.46. The van der Waals surface area contributed by atoms with E-state index in [1.807, 2.05) is 36.4 Å². The van der Waals surface area contributed by atoms with Crippen LogP contribution >= 0.6 is 0 Å². The Morgan fingerprint density at radius 1 is 1.11 bits per heavy atom. The van der Waals surface area contributed by atoms with Crippen LogP contribution in [0.25, 0.3) is 16.6 Å². The second kappa shape index (κ2) is 8.67. The summed E-state index contributed by atoms with van der Waals surface area (Å²) in [6, 6.07) is 17.5. The van der Waals surface area contributed by atoms with Crippen molar-refractivity contribution in [3.05, 3.63) is 101 Å². The Kier molecular flexibility index (Phi) is 5.34. The van der Waals surface area contributed by atoms with Crippen molar-refractivity contribution in [2.75, 3.05) is 20.2 Å². The smallest absolute Gasteiger partial charge is 0.255 e. The molecular formula is C28H25FN4O2. The van der Waals surface area contributed by atoms with E-state index in [2.05, 4.69) is 22.4 Å². The number of hydrogen-bond donors (Lipinski definition) is 2. The lowest BCUT2D eigenvalue weighted by atomic mass is 9.97. The topological polar surface area (TPSA) is 70.2 Å². The van der Waals surface area contributed by atoms with Crippen LogP contribution in [0.5, 0.6) is 5.75 Å². The molecule has 35 heavy (non-hydrogen) atoms. The molecule has 6 nitrogen and oxygen atoms in total. The number of ether oxygens (including phenoxy) is 1. The monoisotopic (exact) mass is 468 g/mol. The van der Waals surface area contributed by atoms with Crippen LogP contribution in [0.15, 0.2) is 66.7 Å². The molecule has 7 heteroatoms. The molecule has 0 fully saturated rings. The van der Waals surface area contributed by atoms with Gasteiger partial charge >= 0.3 is 0 Å². The SMILES string of the molecule is COc1ccc(F)cc1C(c1nc2ccccc2[nH]1)N1Cc2ccc(C3=CCNCC3)cc2C1=O. The zero-order chi connectivity index (χ0) is 23.9. The summed E-state index contributed by atoms with van der Waals surface area (Å²) in [5, 5.41) is 3.33. The maximum Gasteiger partial charge on any atom is 0.255 e. The fraction of sp³-hybridized carbons (Fsp3) is 0.214. The third kappa shape index (κ3) is 3.78. The van der Waals surface area contributed by atoms with E-state index in [1.165, 1.54) is 17.7 Å². The summed E-state index contributed by atoms with van der Waals surface area (Å²) in [7, 11) is 1.55. The molecule has 0 radical (unpaired) electrons. The van der Waals surface area contributed by atoms with E-state index in [4.69, 9.17) is 9.72 Å². The van der Waals surface area contributed by atoms with Crippen molar-refractivity contribution in [3.63, 3.8) is 0 Å². The van der Waals surface area contributed by atoms with E-state index in [9.17, 15) is 9.18 Å². The molecular weight excluding hydrogens is 443 g/mol. The van der Waals surface area contributed by atoms with Crippen molar-refractivity contribution in [1.29, 1.82) is 0 Å². The summed E-state index contributed by atoms with van der Waals surface area (Å²) < 4.78 is 20.1. The standard InChI is InChI=1S/C28H25FN4O2/c1-35-25-9-8-20(29)15-22(25)26(27-31-23-4-2-3-5-24(23)32-27)33-16-19-7-6-18(14-21(19)28(33)34)17-10-12-30-13-11-17/h2-10,14-15,26,30H,11-13,16H2,1H3,(H,31,32). The van der Waals surface area contributed by atoms with Crippen molar-refractivity contribution in [3.8, 4) is 5.75 Å². The Balaban J connectivity index is 1.46. The van der Waals surface area contributed by atoms with Gasteiger partial charge in [0.2, 0.25) is 0 Å². The highest BCUT2D eigenvalue weighted by molar-refractivity contribution is 5.99. The second-order valence-electron chi connectivity index (χ2n) is 8.92. The minimum absolute atomic E-state index is 0.104. The predicted octanol–water partition coefficient (Wildman–Crippen LogP) is 4.83. The Bertz CT molecular complexity index is 1440. The summed E-state index contributed by atoms with van der Waals surface area (Å²) in [5.41, 5.74) is 6.14. The maximum atomic E-state index is 14.5. The first-order valence-electron chi connectivity index (χ1n) is 11.7. The van der Waals surface area contributed by atoms with Gasteiger partial charge < -0.3 is 19.9 Å². The van der Waals surface area contributed by atoms with Crippen LogP contribution in [0.4, 0.5) is 4.39 Å². The number of halogens is 1. The number of imidazole rings is 1. The number of hydrogen-bond acceptors (Lipinski definition) is 4. The van der Waals surface area contributed by atoms with Crippen molar-refractivity contribution >= 4 is 22.5 Å². The number of fused-ring (bicyclic) bond motifs is 2. The van der Waals surface area contributed by atoms with Crippen LogP contribution in [0, 0.1) is 5.82 Å². The van der Waals surface area contributed by atoms with Crippen molar-refractivity contribution < 1.29 is 13.9 Å². The van der Waals surface area contributed by atoms with Crippen LogP contribution in [-0.4, -0.2) is 41.0 Å². The largest absolute Gasteiger partial charge is 0.496 e. The number of rotatable bonds is 5. The number of methoxy groups -OCH3 is 1. The third-order valence-electron chi connectivity index (χ3n) is 6.84. The van der Waals surface area contributed by atoms with Crippen LogP contribution in [0.3, 0.4) is 0 Å². The molecule has 1 aromatic heterocycles. The van der Waals surface area contributed by atoms with Crippen molar-refractivity contribution in [1.82, 2.24) is 20.2 Å². The molecule has 3 heterocycles. The lowest BCUT2D eigenvalue weighted by Crippen LogP contribution is -2.31. The molecule has 3 aromatic carbocycles. The van der Waals surface area contributed by atoms with Gasteiger partial charge in [0.15, 0.2) is 0 Å². The number of benzene rings is 3. The molecule has 2 aliphatic rings. The minimum atomic E-state index is -0.644. The first-order valence-corrected chi connectivity index (χ1v) is 11.7. The summed E-state index contributed by atoms with van der Waals surface area (Å²) in [6.45, 7) is 2.16. The molecule has 4 aromatic rings. The van der Waals surface area contributed by atoms with E-state index >= 15 is 0 Å². The molecule has 6 rings (SSSR count). The van der Waals surface area contributed by atoms with E-state index in [0.717, 1.165) is 41.7 Å².